The van der Waals surface area contributed by atoms with Gasteiger partial charge in [-0.1, -0.05) is 85.3 Å². The standard InChI is InChI=1S/C21H35N4O4P.C20H33N4O3PS.C16H26N5O4P.C15H24N5O4P.C15H23N4O3PS.2CH4/c1-6-7-8-9-10-15-24-16-19(22-13(2)23-20(16)28)25(15)21-18(27)17(26)14(29-21)11-12-30(3,4)5;1-7-8-11-29-20-23-15-17(21-13(3)22-18(15)26)24(20)19-12(2)16(25)14(27-19)9-10-28(4,5)6;1-20(2)16-18-13-10(14(24)19-16)17-8-21(13)15-12(23)11(22)9(25-15)6-7-26(3,4)5;1-16-15-18-12-9(13(23)19-15)17-7-20(12)14-11(22)10(21)8(24-14)5-6-25(2,3)4;1-8-17-13-10(14(24)18-8)16-7-19(13)15-12(21)11(20)9(22-15)5-6-23(2,3)4;;/h14,17-18,21,26-27H,3,6-12H2,1-2,4-5H3,(H,22,23,28);12,14,16,19,25H,4,7-11H2,1-3,5-6H3,(H,21,22,26);8-9,11-12,15,22-23H,3,6-7H2,1-2,4-5H3,(H,18,19,24);7-8,10-11,14,21-22H,2,5-6H2,1,3-4H3,(H2,16,18,19,23);7,9,11-12,15,20-21H,2,5-6H2,1,3-4H3,(H,17,18,24);2*1H4/t14-,17-,18-,21-;12-,14-,16+,19-;9-,11-,12-,15-;8-,10-,11-,14-;9-,11-,12-,15-;;/m11111../s1. The predicted octanol–water partition coefficient (Wildman–Crippen LogP) is 8.16. The van der Waals surface area contributed by atoms with Crippen LogP contribution in [-0.2, 0) is 30.1 Å². The zero-order chi connectivity index (χ0) is 98.6. The molecule has 0 aromatic carbocycles. The van der Waals surface area contributed by atoms with Gasteiger partial charge in [0, 0.05) is 39.2 Å². The number of fused-ring (bicyclic) bond motifs is 5. The number of thioether (sulfide) groups is 1. The van der Waals surface area contributed by atoms with E-state index in [1.54, 1.807) is 74.0 Å². The van der Waals surface area contributed by atoms with Gasteiger partial charge in [0.1, 0.15) is 89.5 Å². The molecule has 5 aliphatic rings. The number of H-pyrrole nitrogens is 5. The lowest BCUT2D eigenvalue weighted by molar-refractivity contribution is -0.0368. The number of aromatic nitrogens is 20. The van der Waals surface area contributed by atoms with Gasteiger partial charge >= 0.3 is 0 Å². The van der Waals surface area contributed by atoms with Gasteiger partial charge in [-0.05, 0) is 163 Å². The molecule has 0 saturated carbocycles. The summed E-state index contributed by atoms with van der Waals surface area (Å²) < 4.78 is 39.0. The van der Waals surface area contributed by atoms with Crippen molar-refractivity contribution in [1.82, 2.24) is 97.6 Å². The summed E-state index contributed by atoms with van der Waals surface area (Å²) in [5, 5.41) is 98.2. The number of nitrogens with zero attached hydrogens (tertiary/aromatic N) is 16. The Kier molecular flexibility index (Phi) is 38.8. The molecule has 10 aromatic rings. The van der Waals surface area contributed by atoms with Gasteiger partial charge in [-0.2, -0.15) is 9.97 Å². The van der Waals surface area contributed by atoms with Crippen molar-refractivity contribution in [3.63, 3.8) is 0 Å². The molecule has 0 amide bonds. The predicted molar refractivity (Wildman–Crippen MR) is 560 cm³/mol. The number of aryl methyl sites for hydroxylation is 4. The van der Waals surface area contributed by atoms with E-state index in [2.05, 4.69) is 192 Å². The van der Waals surface area contributed by atoms with Gasteiger partial charge in [-0.25, -0.2) is 39.9 Å². The first kappa shape index (κ1) is 113. The Bertz CT molecular complexity index is 6320. The third kappa shape index (κ3) is 27.5. The maximum Gasteiger partial charge on any atom is 0.280 e. The molecule has 40 nitrogen and oxygen atoms in total. The zero-order valence-corrected chi connectivity index (χ0v) is 86.6. The molecule has 760 valence electrons. The summed E-state index contributed by atoms with van der Waals surface area (Å²) in [6, 6.07) is 0. The first-order valence-electron chi connectivity index (χ1n) is 45.3. The molecule has 47 heteroatoms. The normalized spacial score (nSPS) is 25.8. The first-order valence-corrected chi connectivity index (χ1v) is 62.0. The van der Waals surface area contributed by atoms with Gasteiger partial charge in [-0.15, -0.1) is 65.9 Å². The van der Waals surface area contributed by atoms with Gasteiger partial charge in [0.2, 0.25) is 11.9 Å². The third-order valence-corrected chi connectivity index (χ3v) is 32.6. The van der Waals surface area contributed by atoms with Crippen molar-refractivity contribution in [3.05, 3.63) is 88.3 Å². The van der Waals surface area contributed by atoms with Crippen LogP contribution in [0.1, 0.15) is 161 Å². The minimum atomic E-state index is -1.28. The summed E-state index contributed by atoms with van der Waals surface area (Å²) >= 11 is 6.84. The highest BCUT2D eigenvalue weighted by Crippen LogP contribution is 2.47. The van der Waals surface area contributed by atoms with Crippen LogP contribution in [0.5, 0.6) is 0 Å². The zero-order valence-electron chi connectivity index (χ0n) is 80.4. The number of ether oxygens (including phenoxy) is 5. The number of aliphatic hydroxyl groups is 9. The Morgan fingerprint density at radius 1 is 0.434 bits per heavy atom. The van der Waals surface area contributed by atoms with Crippen molar-refractivity contribution < 1.29 is 69.6 Å². The van der Waals surface area contributed by atoms with Gasteiger partial charge in [-0.3, -0.25) is 52.0 Å². The van der Waals surface area contributed by atoms with E-state index in [9.17, 15) is 65.1 Å². The van der Waals surface area contributed by atoms with Crippen LogP contribution in [0.25, 0.3) is 55.8 Å². The highest BCUT2D eigenvalue weighted by Gasteiger charge is 2.50. The number of anilines is 2. The van der Waals surface area contributed by atoms with Crippen LogP contribution >= 0.6 is 58.4 Å². The summed E-state index contributed by atoms with van der Waals surface area (Å²) in [6.45, 7) is 26.8. The summed E-state index contributed by atoms with van der Waals surface area (Å²) in [5.74, 6) is 3.76. The lowest BCUT2D eigenvalue weighted by Crippen LogP contribution is -2.32. The van der Waals surface area contributed by atoms with E-state index in [1.807, 2.05) is 11.5 Å². The molecule has 5 saturated heterocycles. The molecule has 15 rings (SSSR count). The highest BCUT2D eigenvalue weighted by molar-refractivity contribution is 7.99. The molecule has 0 bridgehead atoms. The molecule has 136 heavy (non-hydrogen) atoms. The van der Waals surface area contributed by atoms with E-state index in [-0.39, 0.29) is 77.3 Å². The molecule has 0 unspecified atom stereocenters. The minimum Gasteiger partial charge on any atom is -0.390 e. The van der Waals surface area contributed by atoms with E-state index in [0.717, 1.165) is 86.7 Å². The number of unbranched alkanes of at least 4 members (excludes halogenated alkanes) is 4. The van der Waals surface area contributed by atoms with Crippen LogP contribution in [0.2, 0.25) is 0 Å². The maximum absolute atomic E-state index is 12.5. The number of imidazole rings is 5. The Labute approximate surface area is 804 Å². The molecule has 0 radical (unpaired) electrons. The molecule has 5 aliphatic heterocycles. The van der Waals surface area contributed by atoms with E-state index in [4.69, 9.17) is 35.9 Å². The molecule has 10 aromatic heterocycles. The second-order valence-corrected chi connectivity index (χ2v) is 62.3. The van der Waals surface area contributed by atoms with Crippen molar-refractivity contribution in [2.75, 3.05) is 135 Å². The topological polar surface area (TPSA) is 544 Å². The summed E-state index contributed by atoms with van der Waals surface area (Å²) in [6.07, 6.45) is 25.4. The molecule has 20 atom stereocenters. The van der Waals surface area contributed by atoms with Crippen molar-refractivity contribution >= 4 is 158 Å². The van der Waals surface area contributed by atoms with Gasteiger partial charge in [0.15, 0.2) is 79.4 Å². The largest absolute Gasteiger partial charge is 0.390 e. The second-order valence-electron chi connectivity index (χ2n) is 39.2. The second kappa shape index (κ2) is 46.9. The Hall–Kier alpha value is -6.94. The van der Waals surface area contributed by atoms with Crippen LogP contribution in [0.3, 0.4) is 0 Å². The minimum absolute atomic E-state index is 0. The van der Waals surface area contributed by atoms with Crippen LogP contribution < -0.4 is 32.5 Å². The van der Waals surface area contributed by atoms with E-state index in [0.29, 0.717) is 99.6 Å². The Morgan fingerprint density at radius 2 is 0.809 bits per heavy atom. The van der Waals surface area contributed by atoms with Crippen LogP contribution in [0.4, 0.5) is 11.9 Å². The molecule has 15 heterocycles. The van der Waals surface area contributed by atoms with Crippen LogP contribution in [0.15, 0.2) is 43.3 Å². The maximum atomic E-state index is 12.5. The van der Waals surface area contributed by atoms with Crippen molar-refractivity contribution in [2.24, 2.45) is 5.92 Å². The molecule has 5 fully saturated rings. The Morgan fingerprint density at radius 3 is 1.25 bits per heavy atom. The molecule has 0 spiro atoms. The lowest BCUT2D eigenvalue weighted by atomic mass is 10.0. The highest BCUT2D eigenvalue weighted by atomic mass is 32.2. The fourth-order valence-electron chi connectivity index (χ4n) is 16.4. The van der Waals surface area contributed by atoms with Crippen LogP contribution in [0, 0.1) is 31.3 Å². The molecular formula is C89H149N22O18P5S2. The fourth-order valence-corrected chi connectivity index (χ4v) is 22.5. The van der Waals surface area contributed by atoms with Crippen LogP contribution in [-0.4, -0.2) is 385 Å². The number of hydrogen-bond donors (Lipinski definition) is 15. The average molecular weight is 2030 g/mol. The number of hydrogen-bond acceptors (Lipinski definition) is 32. The summed E-state index contributed by atoms with van der Waals surface area (Å²) in [7, 11) is 5.15. The van der Waals surface area contributed by atoms with Gasteiger partial charge < -0.3 is 94.8 Å². The van der Waals surface area contributed by atoms with Crippen molar-refractivity contribution in [1.29, 1.82) is 0 Å². The average Bonchev–Trinajstić information content (AvgIpc) is 1.58. The quantitative estimate of drug-likeness (QED) is 0.00843. The van der Waals surface area contributed by atoms with E-state index in [1.165, 1.54) is 21.8 Å². The van der Waals surface area contributed by atoms with E-state index >= 15 is 0 Å². The fraction of sp³-hybridized carbons (Fsp3) is 0.663. The first-order chi connectivity index (χ1) is 62.7. The molecule has 15 N–H and O–H groups in total. The molecular weight excluding hydrogens is 1880 g/mol. The lowest BCUT2D eigenvalue weighted by Gasteiger charge is -2.20. The number of nitrogens with one attached hydrogen (secondary N) is 6. The number of aliphatic hydroxyl groups excluding tert-OH is 9. The Balaban J connectivity index is 0.000000190. The third-order valence-electron chi connectivity index (χ3n) is 23.9. The summed E-state index contributed by atoms with van der Waals surface area (Å²) in [4.78, 5) is 108. The molecule has 0 aliphatic carbocycles. The van der Waals surface area contributed by atoms with Crippen molar-refractivity contribution in [2.45, 2.75) is 255 Å². The number of aromatic amines is 5. The number of rotatable bonds is 31. The van der Waals surface area contributed by atoms with Crippen molar-refractivity contribution in [3.8, 4) is 0 Å². The van der Waals surface area contributed by atoms with Gasteiger partial charge in [0.05, 0.1) is 55.6 Å². The summed E-state index contributed by atoms with van der Waals surface area (Å²) in [5.41, 5.74) is 2.27. The SMILES string of the molecule is C.C.C=P(C)(C)CC[C@H]1O[C@@H](n2c(CCCCCC)nc3c(=O)[nH]c(C)nc32)[C@H](O)[C@@H]1O.C=P(C)(C)CC[C@H]1O[C@@H](n2c(SCCCC)nc3c(=O)[nH]c(C)nc32)[C@H](C)[C@@H]1O.C=P(C)(C)CC[C@H]1O[C@@H](n2cnc3c(=O)[nH]c(N(C)C)nc32)[C@H](O)[C@@H]1O.C=P(C)(C)CC[C@H]1O[C@@H](n2cnc3c(=O)[nH]c(NC)nc32)[C@H](O)[C@@H]1O.C=P(C)(C)CC[C@H]1O[C@@H](n2cnc3c(=S)nc(C)[nH]c32)[C@H](O)[C@@H]1O. The monoisotopic (exact) mass is 2030 g/mol. The van der Waals surface area contributed by atoms with Gasteiger partial charge in [0.25, 0.3) is 22.2 Å². The smallest absolute Gasteiger partial charge is 0.280 e. The van der Waals surface area contributed by atoms with E-state index < -0.39 is 145 Å².